The first-order valence-electron chi connectivity index (χ1n) is 10.2. The Balaban J connectivity index is 1.92. The third-order valence-corrected chi connectivity index (χ3v) is 4.41. The van der Waals surface area contributed by atoms with Crippen LogP contribution in [0.25, 0.3) is 0 Å². The Labute approximate surface area is 177 Å². The molecule has 0 aliphatic rings. The molecule has 2 aromatic carbocycles. The number of benzene rings is 2. The highest BCUT2D eigenvalue weighted by Gasteiger charge is 2.12. The van der Waals surface area contributed by atoms with Crippen LogP contribution in [-0.4, -0.2) is 32.1 Å². The molecule has 0 saturated heterocycles. The minimum absolute atomic E-state index is 0.152. The largest absolute Gasteiger partial charge is 0.493 e. The van der Waals surface area contributed by atoms with Crippen molar-refractivity contribution in [1.82, 2.24) is 0 Å². The molecule has 7 nitrogen and oxygen atoms in total. The van der Waals surface area contributed by atoms with E-state index in [9.17, 15) is 9.59 Å². The van der Waals surface area contributed by atoms with Gasteiger partial charge in [0.05, 0.1) is 26.7 Å². The van der Waals surface area contributed by atoms with Crippen molar-refractivity contribution in [3.8, 4) is 17.2 Å². The van der Waals surface area contributed by atoms with E-state index in [-0.39, 0.29) is 18.9 Å². The number of nitrogens with two attached hydrogens (primary N) is 1. The minimum atomic E-state index is -0.415. The second-order valence-corrected chi connectivity index (χ2v) is 6.82. The van der Waals surface area contributed by atoms with E-state index in [4.69, 9.17) is 19.9 Å². The number of carbonyl (C=O) groups is 2. The summed E-state index contributed by atoms with van der Waals surface area (Å²) in [5.41, 5.74) is 6.17. The number of nitrogens with one attached hydrogen (secondary N) is 1. The van der Waals surface area contributed by atoms with E-state index >= 15 is 0 Å². The second kappa shape index (κ2) is 12.4. The van der Waals surface area contributed by atoms with Crippen molar-refractivity contribution in [3.05, 3.63) is 48.0 Å². The normalized spacial score (nSPS) is 10.3. The van der Waals surface area contributed by atoms with Gasteiger partial charge in [-0.05, 0) is 48.9 Å². The smallest absolute Gasteiger partial charge is 0.255 e. The van der Waals surface area contributed by atoms with Gasteiger partial charge in [0.2, 0.25) is 5.91 Å². The van der Waals surface area contributed by atoms with E-state index < -0.39 is 5.91 Å². The van der Waals surface area contributed by atoms with Crippen LogP contribution in [0.5, 0.6) is 17.2 Å². The number of hydrogen-bond donors (Lipinski definition) is 2. The summed E-state index contributed by atoms with van der Waals surface area (Å²) in [5, 5.41) is 2.83. The lowest BCUT2D eigenvalue weighted by Crippen LogP contribution is -2.14. The molecule has 30 heavy (non-hydrogen) atoms. The van der Waals surface area contributed by atoms with Crippen LogP contribution in [0.1, 0.15) is 49.4 Å². The molecule has 0 atom stereocenters. The summed E-state index contributed by atoms with van der Waals surface area (Å²) in [4.78, 5) is 23.3. The van der Waals surface area contributed by atoms with E-state index in [1.807, 2.05) is 0 Å². The maximum Gasteiger partial charge on any atom is 0.255 e. The average molecular weight is 415 g/mol. The summed E-state index contributed by atoms with van der Waals surface area (Å²) in [5.74, 6) is 1.07. The zero-order valence-electron chi connectivity index (χ0n) is 17.6. The number of rotatable bonds is 13. The van der Waals surface area contributed by atoms with Crippen LogP contribution in [0.4, 0.5) is 5.69 Å². The SMILES string of the molecule is CCCCCCOc1ccc(C(=O)Nc2ccc(OCCC(N)=O)cc2)cc1OC. The first-order chi connectivity index (χ1) is 14.5. The molecule has 2 rings (SSSR count). The number of methoxy groups -OCH3 is 1. The summed E-state index contributed by atoms with van der Waals surface area (Å²) in [6, 6.07) is 12.0. The van der Waals surface area contributed by atoms with Gasteiger partial charge in [-0.15, -0.1) is 0 Å². The molecule has 0 heterocycles. The predicted octanol–water partition coefficient (Wildman–Crippen LogP) is 4.16. The molecule has 2 amide bonds. The first-order valence-corrected chi connectivity index (χ1v) is 10.2. The molecule has 0 radical (unpaired) electrons. The molecular weight excluding hydrogens is 384 g/mol. The van der Waals surface area contributed by atoms with Crippen LogP contribution in [0.15, 0.2) is 42.5 Å². The molecule has 2 aromatic rings. The fraction of sp³-hybridized carbons (Fsp3) is 0.391. The Morgan fingerprint density at radius 3 is 2.37 bits per heavy atom. The maximum atomic E-state index is 12.6. The molecule has 0 aliphatic heterocycles. The lowest BCUT2D eigenvalue weighted by molar-refractivity contribution is -0.118. The molecule has 0 bridgehead atoms. The standard InChI is InChI=1S/C23H30N2O5/c1-3-4-5-6-14-30-20-12-7-17(16-21(20)28-2)23(27)25-18-8-10-19(11-9-18)29-15-13-22(24)26/h7-12,16H,3-6,13-15H2,1-2H3,(H2,24,26)(H,25,27). The van der Waals surface area contributed by atoms with Crippen LogP contribution in [0.2, 0.25) is 0 Å². The topological polar surface area (TPSA) is 99.9 Å². The fourth-order valence-corrected chi connectivity index (χ4v) is 2.75. The number of carbonyl (C=O) groups excluding carboxylic acids is 2. The third kappa shape index (κ3) is 7.66. The van der Waals surface area contributed by atoms with E-state index in [0.717, 1.165) is 12.8 Å². The monoisotopic (exact) mass is 414 g/mol. The fourth-order valence-electron chi connectivity index (χ4n) is 2.75. The molecule has 162 valence electrons. The summed E-state index contributed by atoms with van der Waals surface area (Å²) in [7, 11) is 1.55. The summed E-state index contributed by atoms with van der Waals surface area (Å²) >= 11 is 0. The first kappa shape index (κ1) is 23.1. The Kier molecular flexibility index (Phi) is 9.51. The number of hydrogen-bond acceptors (Lipinski definition) is 5. The molecule has 7 heteroatoms. The second-order valence-electron chi connectivity index (χ2n) is 6.82. The van der Waals surface area contributed by atoms with Gasteiger partial charge in [0, 0.05) is 11.3 Å². The van der Waals surface area contributed by atoms with Crippen molar-refractivity contribution in [2.45, 2.75) is 39.0 Å². The van der Waals surface area contributed by atoms with Crippen molar-refractivity contribution in [1.29, 1.82) is 0 Å². The molecule has 3 N–H and O–H groups in total. The number of amides is 2. The van der Waals surface area contributed by atoms with Gasteiger partial charge < -0.3 is 25.3 Å². The van der Waals surface area contributed by atoms with Crippen LogP contribution in [0.3, 0.4) is 0 Å². The molecule has 0 aromatic heterocycles. The van der Waals surface area contributed by atoms with Crippen LogP contribution in [-0.2, 0) is 4.79 Å². The molecule has 0 unspecified atom stereocenters. The average Bonchev–Trinajstić information content (AvgIpc) is 2.74. The number of ether oxygens (including phenoxy) is 3. The van der Waals surface area contributed by atoms with Gasteiger partial charge in [-0.1, -0.05) is 26.2 Å². The van der Waals surface area contributed by atoms with Crippen molar-refractivity contribution in [3.63, 3.8) is 0 Å². The van der Waals surface area contributed by atoms with Gasteiger partial charge in [0.1, 0.15) is 5.75 Å². The van der Waals surface area contributed by atoms with Crippen molar-refractivity contribution in [2.24, 2.45) is 5.73 Å². The van der Waals surface area contributed by atoms with Gasteiger partial charge in [0.25, 0.3) is 5.91 Å². The third-order valence-electron chi connectivity index (χ3n) is 4.41. The van der Waals surface area contributed by atoms with Gasteiger partial charge in [-0.25, -0.2) is 0 Å². The van der Waals surface area contributed by atoms with E-state index in [0.29, 0.717) is 35.1 Å². The zero-order chi connectivity index (χ0) is 21.8. The van der Waals surface area contributed by atoms with Gasteiger partial charge in [-0.2, -0.15) is 0 Å². The van der Waals surface area contributed by atoms with E-state index in [2.05, 4.69) is 12.2 Å². The highest BCUT2D eigenvalue weighted by molar-refractivity contribution is 6.04. The summed E-state index contributed by atoms with van der Waals surface area (Å²) in [6.45, 7) is 3.01. The van der Waals surface area contributed by atoms with Crippen LogP contribution < -0.4 is 25.3 Å². The Morgan fingerprint density at radius 2 is 1.70 bits per heavy atom. The van der Waals surface area contributed by atoms with Gasteiger partial charge in [-0.3, -0.25) is 9.59 Å². The maximum absolute atomic E-state index is 12.6. The lowest BCUT2D eigenvalue weighted by Gasteiger charge is -2.12. The van der Waals surface area contributed by atoms with Gasteiger partial charge >= 0.3 is 0 Å². The lowest BCUT2D eigenvalue weighted by atomic mass is 10.1. The van der Waals surface area contributed by atoms with Crippen molar-refractivity contribution in [2.75, 3.05) is 25.6 Å². The molecular formula is C23H30N2O5. The van der Waals surface area contributed by atoms with Crippen LogP contribution >= 0.6 is 0 Å². The summed E-state index contributed by atoms with van der Waals surface area (Å²) < 4.78 is 16.6. The Morgan fingerprint density at radius 1 is 0.933 bits per heavy atom. The van der Waals surface area contributed by atoms with E-state index in [1.165, 1.54) is 12.8 Å². The zero-order valence-corrected chi connectivity index (χ0v) is 17.6. The Hall–Kier alpha value is -3.22. The highest BCUT2D eigenvalue weighted by atomic mass is 16.5. The van der Waals surface area contributed by atoms with Crippen molar-refractivity contribution < 1.29 is 23.8 Å². The number of primary amides is 1. The molecule has 0 spiro atoms. The Bertz CT molecular complexity index is 821. The van der Waals surface area contributed by atoms with Crippen LogP contribution in [0, 0.1) is 0 Å². The van der Waals surface area contributed by atoms with Crippen molar-refractivity contribution >= 4 is 17.5 Å². The number of anilines is 1. The predicted molar refractivity (Wildman–Crippen MR) is 116 cm³/mol. The van der Waals surface area contributed by atoms with E-state index in [1.54, 1.807) is 49.6 Å². The molecule has 0 saturated carbocycles. The molecule has 0 fully saturated rings. The highest BCUT2D eigenvalue weighted by Crippen LogP contribution is 2.29. The summed E-state index contributed by atoms with van der Waals surface area (Å²) in [6.07, 6.45) is 4.65. The number of unbranched alkanes of at least 4 members (excludes halogenated alkanes) is 3. The molecule has 0 aliphatic carbocycles. The van der Waals surface area contributed by atoms with Gasteiger partial charge in [0.15, 0.2) is 11.5 Å². The quantitative estimate of drug-likeness (QED) is 0.479. The minimum Gasteiger partial charge on any atom is -0.493 e.